The van der Waals surface area contributed by atoms with Crippen LogP contribution in [0, 0.1) is 12.7 Å². The van der Waals surface area contributed by atoms with E-state index < -0.39 is 22.8 Å². The standard InChI is InChI=1S/C16H19FN2O3/c1-9-5-10(17)6-11-13(9)18-7-12(14(11)20)15(21)19(4)8-16(2,3)22/h5-7,22H,8H2,1-4H3,(H,18,20). The molecule has 5 nitrogen and oxygen atoms in total. The number of fused-ring (bicyclic) bond motifs is 1. The lowest BCUT2D eigenvalue weighted by atomic mass is 10.1. The van der Waals surface area contributed by atoms with E-state index in [0.29, 0.717) is 11.1 Å². The summed E-state index contributed by atoms with van der Waals surface area (Å²) in [5.74, 6) is -1.04. The molecule has 2 aromatic rings. The predicted octanol–water partition coefficient (Wildman–Crippen LogP) is 1.82. The number of pyridine rings is 1. The third-order valence-corrected chi connectivity index (χ3v) is 3.35. The maximum atomic E-state index is 13.5. The van der Waals surface area contributed by atoms with Crippen LogP contribution in [0.25, 0.3) is 10.9 Å². The lowest BCUT2D eigenvalue weighted by molar-refractivity contribution is 0.0367. The first-order valence-corrected chi connectivity index (χ1v) is 6.89. The molecule has 0 saturated heterocycles. The van der Waals surface area contributed by atoms with Gasteiger partial charge in [-0.3, -0.25) is 9.59 Å². The quantitative estimate of drug-likeness (QED) is 0.908. The zero-order valence-corrected chi connectivity index (χ0v) is 13.0. The molecule has 0 radical (unpaired) electrons. The zero-order chi connectivity index (χ0) is 16.7. The monoisotopic (exact) mass is 306 g/mol. The fourth-order valence-electron chi connectivity index (χ4n) is 2.49. The minimum atomic E-state index is -1.07. The van der Waals surface area contributed by atoms with Gasteiger partial charge in [-0.1, -0.05) is 0 Å². The number of carbonyl (C=O) groups is 1. The van der Waals surface area contributed by atoms with Crippen molar-refractivity contribution in [1.29, 1.82) is 0 Å². The molecule has 0 aliphatic heterocycles. The number of nitrogens with one attached hydrogen (secondary N) is 1. The van der Waals surface area contributed by atoms with Crippen LogP contribution in [0.15, 0.2) is 23.1 Å². The van der Waals surface area contributed by atoms with Crippen LogP contribution in [0.3, 0.4) is 0 Å². The number of aromatic nitrogens is 1. The number of aryl methyl sites for hydroxylation is 1. The average molecular weight is 306 g/mol. The van der Waals surface area contributed by atoms with Crippen molar-refractivity contribution in [3.05, 3.63) is 45.5 Å². The number of benzene rings is 1. The van der Waals surface area contributed by atoms with Crippen molar-refractivity contribution >= 4 is 16.8 Å². The van der Waals surface area contributed by atoms with Gasteiger partial charge in [0.1, 0.15) is 11.4 Å². The average Bonchev–Trinajstić information content (AvgIpc) is 2.37. The third kappa shape index (κ3) is 3.17. The summed E-state index contributed by atoms with van der Waals surface area (Å²) in [6.45, 7) is 4.90. The van der Waals surface area contributed by atoms with E-state index in [4.69, 9.17) is 0 Å². The minimum Gasteiger partial charge on any atom is -0.389 e. The number of hydrogen-bond acceptors (Lipinski definition) is 3. The number of H-pyrrole nitrogens is 1. The SMILES string of the molecule is Cc1cc(F)cc2c(=O)c(C(=O)N(C)CC(C)(C)O)c[nH]c12. The molecule has 0 unspecified atom stereocenters. The van der Waals surface area contributed by atoms with Crippen molar-refractivity contribution in [2.24, 2.45) is 0 Å². The Morgan fingerprint density at radius 2 is 2.05 bits per heavy atom. The van der Waals surface area contributed by atoms with Crippen LogP contribution in [0.1, 0.15) is 29.8 Å². The summed E-state index contributed by atoms with van der Waals surface area (Å²) in [5, 5.41) is 9.91. The first-order valence-electron chi connectivity index (χ1n) is 6.89. The number of nitrogens with zero attached hydrogens (tertiary/aromatic N) is 1. The van der Waals surface area contributed by atoms with Gasteiger partial charge in [-0.15, -0.1) is 0 Å². The molecule has 0 saturated carbocycles. The van der Waals surface area contributed by atoms with Crippen molar-refractivity contribution in [3.63, 3.8) is 0 Å². The lowest BCUT2D eigenvalue weighted by Gasteiger charge is -2.25. The molecule has 1 amide bonds. The van der Waals surface area contributed by atoms with Crippen LogP contribution in [0.4, 0.5) is 4.39 Å². The molecule has 2 N–H and O–H groups in total. The molecule has 0 atom stereocenters. The van der Waals surface area contributed by atoms with E-state index in [-0.39, 0.29) is 17.5 Å². The van der Waals surface area contributed by atoms with E-state index in [0.717, 1.165) is 6.07 Å². The van der Waals surface area contributed by atoms with Crippen LogP contribution in [0.2, 0.25) is 0 Å². The first kappa shape index (κ1) is 16.2. The highest BCUT2D eigenvalue weighted by Gasteiger charge is 2.23. The molecule has 6 heteroatoms. The Hall–Kier alpha value is -2.21. The van der Waals surface area contributed by atoms with Gasteiger partial charge in [0.15, 0.2) is 0 Å². The van der Waals surface area contributed by atoms with Gasteiger partial charge < -0.3 is 15.0 Å². The van der Waals surface area contributed by atoms with Crippen LogP contribution in [-0.2, 0) is 0 Å². The van der Waals surface area contributed by atoms with Gasteiger partial charge in [-0.05, 0) is 38.5 Å². The molecule has 1 heterocycles. The summed E-state index contributed by atoms with van der Waals surface area (Å²) >= 11 is 0. The number of aliphatic hydroxyl groups is 1. The third-order valence-electron chi connectivity index (χ3n) is 3.35. The molecule has 0 aliphatic rings. The summed E-state index contributed by atoms with van der Waals surface area (Å²) in [4.78, 5) is 28.9. The van der Waals surface area contributed by atoms with E-state index in [1.165, 1.54) is 24.2 Å². The zero-order valence-electron chi connectivity index (χ0n) is 13.0. The van der Waals surface area contributed by atoms with Gasteiger partial charge in [-0.25, -0.2) is 4.39 Å². The smallest absolute Gasteiger partial charge is 0.259 e. The van der Waals surface area contributed by atoms with Crippen LogP contribution in [0.5, 0.6) is 0 Å². The summed E-state index contributed by atoms with van der Waals surface area (Å²) in [6, 6.07) is 2.44. The largest absolute Gasteiger partial charge is 0.389 e. The number of carbonyl (C=O) groups excluding carboxylic acids is 1. The highest BCUT2D eigenvalue weighted by atomic mass is 19.1. The number of amides is 1. The van der Waals surface area contributed by atoms with E-state index in [1.807, 2.05) is 0 Å². The minimum absolute atomic E-state index is 0.0749. The number of aromatic amines is 1. The van der Waals surface area contributed by atoms with Crippen molar-refractivity contribution in [2.75, 3.05) is 13.6 Å². The topological polar surface area (TPSA) is 73.4 Å². The maximum absolute atomic E-state index is 13.5. The molecular formula is C16H19FN2O3. The fraction of sp³-hybridized carbons (Fsp3) is 0.375. The van der Waals surface area contributed by atoms with Gasteiger partial charge >= 0.3 is 0 Å². The highest BCUT2D eigenvalue weighted by molar-refractivity contribution is 5.97. The molecule has 0 aliphatic carbocycles. The normalized spacial score (nSPS) is 11.7. The van der Waals surface area contributed by atoms with Gasteiger partial charge in [0.25, 0.3) is 5.91 Å². The molecule has 0 fully saturated rings. The van der Waals surface area contributed by atoms with Gasteiger partial charge in [0, 0.05) is 25.2 Å². The molecular weight excluding hydrogens is 287 g/mol. The van der Waals surface area contributed by atoms with Gasteiger partial charge in [0.2, 0.25) is 5.43 Å². The van der Waals surface area contributed by atoms with Crippen LogP contribution >= 0.6 is 0 Å². The van der Waals surface area contributed by atoms with Gasteiger partial charge in [0.05, 0.1) is 11.1 Å². The van der Waals surface area contributed by atoms with E-state index >= 15 is 0 Å². The molecule has 0 spiro atoms. The summed E-state index contributed by atoms with van der Waals surface area (Å²) in [6.07, 6.45) is 1.33. The molecule has 2 rings (SSSR count). The Bertz CT molecular complexity index is 790. The first-order chi connectivity index (χ1) is 10.1. The highest BCUT2D eigenvalue weighted by Crippen LogP contribution is 2.16. The molecule has 0 bridgehead atoms. The summed E-state index contributed by atoms with van der Waals surface area (Å²) in [5.41, 5.74) is -0.575. The number of likely N-dealkylation sites (N-methyl/N-ethyl adjacent to an activating group) is 1. The Labute approximate surface area is 127 Å². The fourth-order valence-corrected chi connectivity index (χ4v) is 2.49. The van der Waals surface area contributed by atoms with E-state index in [1.54, 1.807) is 20.8 Å². The Morgan fingerprint density at radius 3 is 2.64 bits per heavy atom. The second-order valence-corrected chi connectivity index (χ2v) is 6.15. The van der Waals surface area contributed by atoms with E-state index in [9.17, 15) is 19.1 Å². The van der Waals surface area contributed by atoms with Crippen molar-refractivity contribution < 1.29 is 14.3 Å². The molecule has 1 aromatic carbocycles. The number of rotatable bonds is 3. The Balaban J connectivity index is 2.51. The second-order valence-electron chi connectivity index (χ2n) is 6.15. The summed E-state index contributed by atoms with van der Waals surface area (Å²) < 4.78 is 13.5. The summed E-state index contributed by atoms with van der Waals surface area (Å²) in [7, 11) is 1.50. The Kier molecular flexibility index (Phi) is 4.06. The van der Waals surface area contributed by atoms with E-state index in [2.05, 4.69) is 4.98 Å². The maximum Gasteiger partial charge on any atom is 0.259 e. The van der Waals surface area contributed by atoms with Gasteiger partial charge in [-0.2, -0.15) is 0 Å². The number of halogens is 1. The molecule has 22 heavy (non-hydrogen) atoms. The van der Waals surface area contributed by atoms with Crippen molar-refractivity contribution in [2.45, 2.75) is 26.4 Å². The molecule has 118 valence electrons. The van der Waals surface area contributed by atoms with Crippen LogP contribution < -0.4 is 5.43 Å². The number of hydrogen-bond donors (Lipinski definition) is 2. The van der Waals surface area contributed by atoms with Crippen molar-refractivity contribution in [3.8, 4) is 0 Å². The second kappa shape index (κ2) is 5.53. The van der Waals surface area contributed by atoms with Crippen molar-refractivity contribution in [1.82, 2.24) is 9.88 Å². The predicted molar refractivity (Wildman–Crippen MR) is 82.5 cm³/mol. The molecule has 1 aromatic heterocycles. The van der Waals surface area contributed by atoms with Crippen LogP contribution in [-0.4, -0.2) is 40.1 Å². The lowest BCUT2D eigenvalue weighted by Crippen LogP contribution is -2.41. The Morgan fingerprint density at radius 1 is 1.41 bits per heavy atom.